The Morgan fingerprint density at radius 1 is 0.962 bits per heavy atom. The first kappa shape index (κ1) is 36.3. The molecule has 11 heteroatoms. The largest absolute Gasteiger partial charge is 0.455 e. The van der Waals surface area contributed by atoms with Gasteiger partial charge >= 0.3 is 5.97 Å². The second-order valence-corrected chi connectivity index (χ2v) is 14.2. The van der Waals surface area contributed by atoms with Crippen LogP contribution in [0.2, 0.25) is 0 Å². The number of hydrogen-bond acceptors (Lipinski definition) is 8. The van der Waals surface area contributed by atoms with Gasteiger partial charge in [-0.05, 0) is 48.6 Å². The van der Waals surface area contributed by atoms with E-state index in [2.05, 4.69) is 5.32 Å². The van der Waals surface area contributed by atoms with Gasteiger partial charge in [0, 0.05) is 25.8 Å². The van der Waals surface area contributed by atoms with Crippen LogP contribution in [0.25, 0.3) is 0 Å². The van der Waals surface area contributed by atoms with E-state index in [0.717, 1.165) is 11.1 Å². The molecule has 276 valence electrons. The number of aliphatic hydroxyl groups excluding tert-OH is 1. The number of cyclic esters (lactones) is 1. The van der Waals surface area contributed by atoms with E-state index < -0.39 is 72.2 Å². The highest BCUT2D eigenvalue weighted by atomic mass is 16.6. The molecule has 3 amide bonds. The maximum absolute atomic E-state index is 15.4. The Balaban J connectivity index is 1.39. The van der Waals surface area contributed by atoms with Gasteiger partial charge in [0.15, 0.2) is 0 Å². The fourth-order valence-electron chi connectivity index (χ4n) is 8.39. The number of nitrogens with zero attached hydrogens (tertiary/aromatic N) is 2. The van der Waals surface area contributed by atoms with Gasteiger partial charge in [0.2, 0.25) is 11.8 Å². The molecular weight excluding hydrogens is 674 g/mol. The lowest BCUT2D eigenvalue weighted by Crippen LogP contribution is -2.57. The van der Waals surface area contributed by atoms with E-state index in [1.807, 2.05) is 80.6 Å². The predicted molar refractivity (Wildman–Crippen MR) is 196 cm³/mol. The van der Waals surface area contributed by atoms with Crippen LogP contribution in [0.1, 0.15) is 47.2 Å². The van der Waals surface area contributed by atoms with E-state index in [1.54, 1.807) is 41.3 Å². The summed E-state index contributed by atoms with van der Waals surface area (Å²) < 4.78 is 18.5. The number of allylic oxidation sites excluding steroid dienone is 1. The number of carbonyl (C=O) groups is 4. The number of benzene rings is 3. The standard InChI is InChI=1S/C42H45N3O8/c1-26-18-19-27(2)31(23-26)44-22-12-6-11-17-34(47)43-30(25-51-3)37(29-15-9-5-10-16-29)52-41(50)35-33-20-21-42(53-33)36(35)39(48)45(38(42)40(44)49)32(24-46)28-13-7-4-8-14-28/h4-10,12-16,18-21,23,30,32-33,35-38,46H,11,17,22,24-25H2,1-3H3,(H,43,47)/b12-6-/t30-,32+,33+,35-,36-,37-,38+,42-/m0/s1. The number of ether oxygens (including phenoxy) is 3. The lowest BCUT2D eigenvalue weighted by molar-refractivity contribution is -0.162. The number of nitrogens with one attached hydrogen (secondary N) is 1. The van der Waals surface area contributed by atoms with Crippen LogP contribution < -0.4 is 10.2 Å². The third kappa shape index (κ3) is 6.58. The number of aliphatic hydroxyl groups is 1. The van der Waals surface area contributed by atoms with Gasteiger partial charge in [-0.3, -0.25) is 19.2 Å². The number of likely N-dealkylation sites (tertiary alicyclic amines) is 1. The minimum Gasteiger partial charge on any atom is -0.455 e. The molecule has 3 aromatic rings. The van der Waals surface area contributed by atoms with Crippen molar-refractivity contribution in [3.63, 3.8) is 0 Å². The first-order valence-corrected chi connectivity index (χ1v) is 18.1. The molecule has 3 aromatic carbocycles. The average Bonchev–Trinajstić information content (AvgIpc) is 3.81. The van der Waals surface area contributed by atoms with Gasteiger partial charge in [-0.2, -0.15) is 0 Å². The fourth-order valence-corrected chi connectivity index (χ4v) is 8.39. The summed E-state index contributed by atoms with van der Waals surface area (Å²) in [6.07, 6.45) is 5.91. The first-order valence-electron chi connectivity index (χ1n) is 18.1. The summed E-state index contributed by atoms with van der Waals surface area (Å²) in [6.45, 7) is 3.58. The summed E-state index contributed by atoms with van der Waals surface area (Å²) in [6, 6.07) is 21.1. The summed E-state index contributed by atoms with van der Waals surface area (Å²) in [4.78, 5) is 61.4. The van der Waals surface area contributed by atoms with Crippen LogP contribution in [-0.2, 0) is 33.4 Å². The molecule has 2 fully saturated rings. The third-order valence-corrected chi connectivity index (χ3v) is 10.9. The highest BCUT2D eigenvalue weighted by Gasteiger charge is 2.74. The molecule has 0 aliphatic carbocycles. The van der Waals surface area contributed by atoms with Crippen LogP contribution in [0.5, 0.6) is 0 Å². The molecule has 4 aliphatic heterocycles. The van der Waals surface area contributed by atoms with Crippen LogP contribution in [0.15, 0.2) is 103 Å². The normalized spacial score (nSPS) is 29.9. The molecule has 53 heavy (non-hydrogen) atoms. The van der Waals surface area contributed by atoms with E-state index in [9.17, 15) is 14.7 Å². The SMILES string of the molecule is COC[C@@H]1NC(=O)CC/C=C\CN(c2cc(C)ccc2C)C(=O)[C@H]2N([C@H](CO)c3ccccc3)C(=O)[C@@H]3[C@@H](C(=O)O[C@H]1c1ccccc1)[C@H]1C=C[C@]32O1. The van der Waals surface area contributed by atoms with Crippen LogP contribution in [0.3, 0.4) is 0 Å². The number of rotatable bonds is 7. The van der Waals surface area contributed by atoms with Gasteiger partial charge < -0.3 is 34.4 Å². The Morgan fingerprint density at radius 2 is 1.70 bits per heavy atom. The summed E-state index contributed by atoms with van der Waals surface area (Å²) in [7, 11) is 1.51. The molecule has 5 bridgehead atoms. The molecule has 11 nitrogen and oxygen atoms in total. The van der Waals surface area contributed by atoms with Gasteiger partial charge in [-0.15, -0.1) is 0 Å². The molecular formula is C42H45N3O8. The number of amides is 3. The number of methoxy groups -OCH3 is 1. The molecule has 0 unspecified atom stereocenters. The van der Waals surface area contributed by atoms with Crippen LogP contribution in [-0.4, -0.2) is 84.4 Å². The fraction of sp³-hybridized carbons (Fsp3) is 0.381. The summed E-state index contributed by atoms with van der Waals surface area (Å²) in [5, 5.41) is 14.0. The Bertz CT molecular complexity index is 1920. The first-order chi connectivity index (χ1) is 25.7. The average molecular weight is 720 g/mol. The van der Waals surface area contributed by atoms with E-state index in [0.29, 0.717) is 23.2 Å². The van der Waals surface area contributed by atoms with Crippen molar-refractivity contribution in [2.24, 2.45) is 11.8 Å². The second kappa shape index (κ2) is 15.1. The number of anilines is 1. The highest BCUT2D eigenvalue weighted by molar-refractivity contribution is 6.06. The quantitative estimate of drug-likeness (QED) is 0.273. The number of carbonyl (C=O) groups excluding carboxylic acids is 4. The third-order valence-electron chi connectivity index (χ3n) is 10.9. The van der Waals surface area contributed by atoms with Gasteiger partial charge in [-0.25, -0.2) is 0 Å². The molecule has 0 saturated carbocycles. The van der Waals surface area contributed by atoms with Crippen LogP contribution >= 0.6 is 0 Å². The predicted octanol–water partition coefficient (Wildman–Crippen LogP) is 4.29. The minimum atomic E-state index is -1.53. The lowest BCUT2D eigenvalue weighted by Gasteiger charge is -2.39. The number of hydrogen-bond donors (Lipinski definition) is 2. The molecule has 4 aliphatic rings. The summed E-state index contributed by atoms with van der Waals surface area (Å²) >= 11 is 0. The number of fused-ring (bicyclic) bond motifs is 2. The maximum atomic E-state index is 15.4. The van der Waals surface area contributed by atoms with Crippen molar-refractivity contribution < 1.29 is 38.5 Å². The zero-order valence-electron chi connectivity index (χ0n) is 30.1. The van der Waals surface area contributed by atoms with Gasteiger partial charge in [0.25, 0.3) is 5.91 Å². The van der Waals surface area contributed by atoms with Crippen molar-refractivity contribution in [3.8, 4) is 0 Å². The topological polar surface area (TPSA) is 135 Å². The van der Waals surface area contributed by atoms with Crippen molar-refractivity contribution in [2.75, 3.05) is 31.8 Å². The molecule has 2 N–H and O–H groups in total. The van der Waals surface area contributed by atoms with Crippen molar-refractivity contribution in [1.82, 2.24) is 10.2 Å². The second-order valence-electron chi connectivity index (χ2n) is 14.2. The van der Waals surface area contributed by atoms with Crippen molar-refractivity contribution >= 4 is 29.4 Å². The van der Waals surface area contributed by atoms with Gasteiger partial charge in [0.1, 0.15) is 23.7 Å². The molecule has 2 saturated heterocycles. The van der Waals surface area contributed by atoms with Crippen molar-refractivity contribution in [2.45, 2.75) is 62.6 Å². The Kier molecular flexibility index (Phi) is 10.3. The zero-order chi connectivity index (χ0) is 37.3. The summed E-state index contributed by atoms with van der Waals surface area (Å²) in [5.74, 6) is -4.11. The zero-order valence-corrected chi connectivity index (χ0v) is 30.1. The number of aryl methyl sites for hydroxylation is 2. The van der Waals surface area contributed by atoms with Gasteiger partial charge in [-0.1, -0.05) is 97.1 Å². The smallest absolute Gasteiger partial charge is 0.313 e. The molecule has 1 spiro atoms. The molecule has 0 aromatic heterocycles. The molecule has 0 radical (unpaired) electrons. The molecule has 4 heterocycles. The van der Waals surface area contributed by atoms with Crippen molar-refractivity contribution in [3.05, 3.63) is 125 Å². The molecule has 7 rings (SSSR count). The number of esters is 1. The Hall–Kier alpha value is -5.10. The van der Waals surface area contributed by atoms with Gasteiger partial charge in [0.05, 0.1) is 37.3 Å². The van der Waals surface area contributed by atoms with Crippen molar-refractivity contribution in [1.29, 1.82) is 0 Å². The van der Waals surface area contributed by atoms with E-state index in [1.165, 1.54) is 12.0 Å². The minimum absolute atomic E-state index is 0.0512. The Morgan fingerprint density at radius 3 is 2.42 bits per heavy atom. The monoisotopic (exact) mass is 719 g/mol. The highest BCUT2D eigenvalue weighted by Crippen LogP contribution is 2.57. The van der Waals surface area contributed by atoms with Crippen LogP contribution in [0.4, 0.5) is 5.69 Å². The summed E-state index contributed by atoms with van der Waals surface area (Å²) in [5.41, 5.74) is 2.19. The van der Waals surface area contributed by atoms with E-state index in [-0.39, 0.29) is 25.5 Å². The van der Waals surface area contributed by atoms with E-state index in [4.69, 9.17) is 14.2 Å². The van der Waals surface area contributed by atoms with Crippen LogP contribution in [0, 0.1) is 25.7 Å². The lowest BCUT2D eigenvalue weighted by atomic mass is 9.74. The Labute approximate surface area is 309 Å². The molecule has 8 atom stereocenters. The maximum Gasteiger partial charge on any atom is 0.313 e. The van der Waals surface area contributed by atoms with E-state index >= 15 is 9.59 Å².